The number of fused-ring (bicyclic) bond motifs is 3. The van der Waals surface area contributed by atoms with Crippen LogP contribution in [0.5, 0.6) is 0 Å². The summed E-state index contributed by atoms with van der Waals surface area (Å²) in [6, 6.07) is 12.7. The number of aromatic nitrogens is 4. The summed E-state index contributed by atoms with van der Waals surface area (Å²) in [6.45, 7) is -0.223. The van der Waals surface area contributed by atoms with Crippen molar-refractivity contribution in [2.75, 3.05) is 5.32 Å². The van der Waals surface area contributed by atoms with Crippen LogP contribution in [0.1, 0.15) is 0 Å². The second kappa shape index (κ2) is 5.82. The zero-order chi connectivity index (χ0) is 17.4. The number of benzene rings is 2. The summed E-state index contributed by atoms with van der Waals surface area (Å²) in [7, 11) is 0. The summed E-state index contributed by atoms with van der Waals surface area (Å²) >= 11 is 0. The number of carbonyl (C=O) groups is 1. The first-order chi connectivity index (χ1) is 12.1. The molecule has 124 valence electrons. The van der Waals surface area contributed by atoms with Gasteiger partial charge in [0.2, 0.25) is 11.6 Å². The Hall–Kier alpha value is -3.55. The molecule has 1 amide bonds. The molecular weight excluding hydrogens is 325 g/mol. The van der Waals surface area contributed by atoms with Gasteiger partial charge in [-0.3, -0.25) is 18.6 Å². The van der Waals surface area contributed by atoms with Crippen LogP contribution >= 0.6 is 0 Å². The second-order valence-electron chi connectivity index (χ2n) is 5.46. The average Bonchev–Trinajstić information content (AvgIpc) is 3.09. The van der Waals surface area contributed by atoms with E-state index in [4.69, 9.17) is 0 Å². The van der Waals surface area contributed by atoms with Gasteiger partial charge in [-0.15, -0.1) is 10.2 Å². The minimum absolute atomic E-state index is 0.136. The maximum absolute atomic E-state index is 13.2. The van der Waals surface area contributed by atoms with Crippen molar-refractivity contribution in [1.29, 1.82) is 0 Å². The quantitative estimate of drug-likeness (QED) is 0.618. The topological polar surface area (TPSA) is 81.3 Å². The Morgan fingerprint density at radius 2 is 1.92 bits per heavy atom. The van der Waals surface area contributed by atoms with Crippen LogP contribution in [0.2, 0.25) is 0 Å². The number of amides is 1. The standard InChI is InChI=1S/C17H12FN5O2/c18-11-4-3-5-12(8-11)20-15(24)9-22-13-6-1-2-7-14(13)23-10-19-21-16(23)17(22)25/h1-8,10H,9H2,(H,20,24). The Bertz CT molecular complexity index is 1160. The normalized spacial score (nSPS) is 11.1. The van der Waals surface area contributed by atoms with Gasteiger partial charge in [-0.2, -0.15) is 0 Å². The molecule has 2 heterocycles. The van der Waals surface area contributed by atoms with Crippen molar-refractivity contribution in [2.24, 2.45) is 0 Å². The monoisotopic (exact) mass is 337 g/mol. The second-order valence-corrected chi connectivity index (χ2v) is 5.46. The highest BCUT2D eigenvalue weighted by molar-refractivity contribution is 5.91. The van der Waals surface area contributed by atoms with Crippen LogP contribution in [-0.2, 0) is 11.3 Å². The van der Waals surface area contributed by atoms with E-state index in [0.29, 0.717) is 16.7 Å². The summed E-state index contributed by atoms with van der Waals surface area (Å²) in [4.78, 5) is 25.0. The zero-order valence-electron chi connectivity index (χ0n) is 12.9. The van der Waals surface area contributed by atoms with Gasteiger partial charge in [-0.25, -0.2) is 4.39 Å². The third-order valence-corrected chi connectivity index (χ3v) is 3.83. The maximum Gasteiger partial charge on any atom is 0.297 e. The predicted molar refractivity (Wildman–Crippen MR) is 89.8 cm³/mol. The van der Waals surface area contributed by atoms with Crippen molar-refractivity contribution in [2.45, 2.75) is 6.54 Å². The number of anilines is 1. The van der Waals surface area contributed by atoms with Crippen LogP contribution in [-0.4, -0.2) is 25.1 Å². The highest BCUT2D eigenvalue weighted by Gasteiger charge is 2.14. The first-order valence-electron chi connectivity index (χ1n) is 7.50. The van der Waals surface area contributed by atoms with Gasteiger partial charge in [0, 0.05) is 5.69 Å². The molecule has 0 bridgehead atoms. The van der Waals surface area contributed by atoms with Crippen molar-refractivity contribution in [3.8, 4) is 0 Å². The fourth-order valence-corrected chi connectivity index (χ4v) is 2.75. The largest absolute Gasteiger partial charge is 0.324 e. The van der Waals surface area contributed by atoms with E-state index < -0.39 is 17.3 Å². The van der Waals surface area contributed by atoms with E-state index in [-0.39, 0.29) is 12.2 Å². The lowest BCUT2D eigenvalue weighted by Gasteiger charge is -2.11. The van der Waals surface area contributed by atoms with E-state index >= 15 is 0 Å². The average molecular weight is 337 g/mol. The molecule has 0 radical (unpaired) electrons. The Morgan fingerprint density at radius 1 is 1.12 bits per heavy atom. The van der Waals surface area contributed by atoms with E-state index in [1.54, 1.807) is 22.6 Å². The number of para-hydroxylation sites is 2. The Morgan fingerprint density at radius 3 is 2.72 bits per heavy atom. The molecule has 2 aromatic carbocycles. The summed E-state index contributed by atoms with van der Waals surface area (Å²) in [5.74, 6) is -0.896. The number of halogens is 1. The molecular formula is C17H12FN5O2. The minimum atomic E-state index is -0.453. The van der Waals surface area contributed by atoms with E-state index in [9.17, 15) is 14.0 Å². The highest BCUT2D eigenvalue weighted by Crippen LogP contribution is 2.14. The SMILES string of the molecule is O=C(Cn1c(=O)c2nncn2c2ccccc21)Nc1cccc(F)c1. The van der Waals surface area contributed by atoms with Crippen LogP contribution in [0.25, 0.3) is 16.7 Å². The number of carbonyl (C=O) groups excluding carboxylic acids is 1. The molecule has 4 aromatic rings. The summed E-state index contributed by atoms with van der Waals surface area (Å²) in [5.41, 5.74) is 1.32. The molecule has 8 heteroatoms. The summed E-state index contributed by atoms with van der Waals surface area (Å²) in [6.07, 6.45) is 1.45. The third kappa shape index (κ3) is 2.63. The minimum Gasteiger partial charge on any atom is -0.324 e. The molecule has 1 N–H and O–H groups in total. The molecule has 0 saturated carbocycles. The van der Waals surface area contributed by atoms with Crippen molar-refractivity contribution < 1.29 is 9.18 Å². The number of nitrogens with zero attached hydrogens (tertiary/aromatic N) is 4. The fraction of sp³-hybridized carbons (Fsp3) is 0.0588. The maximum atomic E-state index is 13.2. The Balaban J connectivity index is 1.76. The molecule has 0 spiro atoms. The molecule has 2 aromatic heterocycles. The lowest BCUT2D eigenvalue weighted by Crippen LogP contribution is -2.29. The molecule has 0 aliphatic rings. The van der Waals surface area contributed by atoms with Gasteiger partial charge in [0.15, 0.2) is 0 Å². The van der Waals surface area contributed by atoms with Crippen molar-refractivity contribution >= 4 is 28.3 Å². The molecule has 0 aliphatic heterocycles. The summed E-state index contributed by atoms with van der Waals surface area (Å²) in [5, 5.41) is 10.2. The van der Waals surface area contributed by atoms with Gasteiger partial charge in [-0.05, 0) is 30.3 Å². The highest BCUT2D eigenvalue weighted by atomic mass is 19.1. The van der Waals surface area contributed by atoms with Crippen LogP contribution < -0.4 is 10.9 Å². The van der Waals surface area contributed by atoms with Gasteiger partial charge in [0.05, 0.1) is 11.0 Å². The first-order valence-corrected chi connectivity index (χ1v) is 7.50. The number of hydrogen-bond acceptors (Lipinski definition) is 4. The molecule has 0 saturated heterocycles. The van der Waals surface area contributed by atoms with Crippen LogP contribution in [0.4, 0.5) is 10.1 Å². The Labute approximate surface area is 140 Å². The number of nitrogens with one attached hydrogen (secondary N) is 1. The van der Waals surface area contributed by atoms with E-state index in [1.807, 2.05) is 12.1 Å². The molecule has 0 fully saturated rings. The molecule has 7 nitrogen and oxygen atoms in total. The van der Waals surface area contributed by atoms with E-state index in [1.165, 1.54) is 29.1 Å². The molecule has 0 atom stereocenters. The van der Waals surface area contributed by atoms with Gasteiger partial charge in [0.1, 0.15) is 18.7 Å². The molecule has 0 unspecified atom stereocenters. The van der Waals surface area contributed by atoms with Gasteiger partial charge < -0.3 is 5.32 Å². The molecule has 4 rings (SSSR count). The number of rotatable bonds is 3. The summed E-state index contributed by atoms with van der Waals surface area (Å²) < 4.78 is 16.1. The van der Waals surface area contributed by atoms with E-state index in [0.717, 1.165) is 0 Å². The van der Waals surface area contributed by atoms with Crippen LogP contribution in [0, 0.1) is 5.82 Å². The van der Waals surface area contributed by atoms with Gasteiger partial charge in [0.25, 0.3) is 5.56 Å². The van der Waals surface area contributed by atoms with Gasteiger partial charge in [-0.1, -0.05) is 18.2 Å². The number of hydrogen-bond donors (Lipinski definition) is 1. The Kier molecular flexibility index (Phi) is 3.50. The van der Waals surface area contributed by atoms with Crippen molar-refractivity contribution in [3.63, 3.8) is 0 Å². The van der Waals surface area contributed by atoms with Crippen molar-refractivity contribution in [1.82, 2.24) is 19.2 Å². The molecule has 25 heavy (non-hydrogen) atoms. The predicted octanol–water partition coefficient (Wildman–Crippen LogP) is 1.82. The smallest absolute Gasteiger partial charge is 0.297 e. The van der Waals surface area contributed by atoms with Crippen LogP contribution in [0.3, 0.4) is 0 Å². The van der Waals surface area contributed by atoms with Gasteiger partial charge >= 0.3 is 0 Å². The lowest BCUT2D eigenvalue weighted by atomic mass is 10.2. The van der Waals surface area contributed by atoms with Crippen LogP contribution in [0.15, 0.2) is 59.7 Å². The first kappa shape index (κ1) is 15.0. The third-order valence-electron chi connectivity index (χ3n) is 3.83. The zero-order valence-corrected chi connectivity index (χ0v) is 12.9. The lowest BCUT2D eigenvalue weighted by molar-refractivity contribution is -0.116. The van der Waals surface area contributed by atoms with E-state index in [2.05, 4.69) is 15.5 Å². The fourth-order valence-electron chi connectivity index (χ4n) is 2.75. The van der Waals surface area contributed by atoms with Crippen molar-refractivity contribution in [3.05, 3.63) is 71.0 Å². The molecule has 0 aliphatic carbocycles.